The molecule has 0 radical (unpaired) electrons. The van der Waals surface area contributed by atoms with E-state index in [1.165, 1.54) is 0 Å². The maximum absolute atomic E-state index is 4.77. The average Bonchev–Trinajstić information content (AvgIpc) is 2.45. The zero-order chi connectivity index (χ0) is 11.1. The Morgan fingerprint density at radius 2 is 1.73 bits per heavy atom. The molecule has 0 saturated carbocycles. The smallest absolute Gasteiger partial charge is 0.108 e. The van der Waals surface area contributed by atoms with Gasteiger partial charge in [0.25, 0.3) is 0 Å². The van der Waals surface area contributed by atoms with Crippen molar-refractivity contribution in [1.29, 1.82) is 0 Å². The molecule has 0 nitrogen and oxygen atoms in total. The van der Waals surface area contributed by atoms with Crippen LogP contribution < -0.4 is 0 Å². The van der Waals surface area contributed by atoms with Crippen LogP contribution in [0.3, 0.4) is 0 Å². The number of hydrogen-bond acceptors (Lipinski definition) is 5. The van der Waals surface area contributed by atoms with Gasteiger partial charge in [0.1, 0.15) is 4.08 Å². The summed E-state index contributed by atoms with van der Waals surface area (Å²) in [5.41, 5.74) is 1.14. The lowest BCUT2D eigenvalue weighted by Crippen LogP contribution is -2.37. The van der Waals surface area contributed by atoms with E-state index in [1.807, 2.05) is 18.2 Å². The molecule has 1 aliphatic heterocycles. The van der Waals surface area contributed by atoms with Gasteiger partial charge in [0.05, 0.1) is 4.08 Å². The lowest BCUT2D eigenvalue weighted by molar-refractivity contribution is 0.781. The molecular formula is C10H12S5. The van der Waals surface area contributed by atoms with Gasteiger partial charge < -0.3 is 0 Å². The zero-order valence-corrected chi connectivity index (χ0v) is 12.3. The maximum atomic E-state index is 4.77. The van der Waals surface area contributed by atoms with Crippen molar-refractivity contribution in [2.75, 3.05) is 5.75 Å². The third kappa shape index (κ3) is 1.95. The Hall–Kier alpha value is 0.970. The van der Waals surface area contributed by atoms with Gasteiger partial charge in [0, 0.05) is 11.0 Å². The summed E-state index contributed by atoms with van der Waals surface area (Å²) >= 11 is 20.3. The first-order valence-corrected chi connectivity index (χ1v) is 7.37. The quantitative estimate of drug-likeness (QED) is 0.455. The van der Waals surface area contributed by atoms with Crippen molar-refractivity contribution in [1.82, 2.24) is 0 Å². The number of hydrogen-bond donors (Lipinski definition) is 4. The van der Waals surface area contributed by atoms with Gasteiger partial charge in [0.15, 0.2) is 0 Å². The number of thiol groups is 4. The van der Waals surface area contributed by atoms with E-state index in [4.69, 9.17) is 12.6 Å². The summed E-state index contributed by atoms with van der Waals surface area (Å²) in [5.74, 6) is 0.911. The van der Waals surface area contributed by atoms with Crippen molar-refractivity contribution in [2.45, 2.75) is 13.4 Å². The fourth-order valence-corrected chi connectivity index (χ4v) is 5.12. The predicted octanol–water partition coefficient (Wildman–Crippen LogP) is 3.37. The molecule has 1 aliphatic rings. The Labute approximate surface area is 117 Å². The molecule has 2 unspecified atom stereocenters. The molecule has 0 spiro atoms. The van der Waals surface area contributed by atoms with Gasteiger partial charge in [-0.3, -0.25) is 0 Å². The van der Waals surface area contributed by atoms with Gasteiger partial charge in [-0.25, -0.2) is 0 Å². The van der Waals surface area contributed by atoms with Crippen LogP contribution in [-0.2, 0) is 4.08 Å². The van der Waals surface area contributed by atoms with Crippen LogP contribution >= 0.6 is 62.3 Å². The SMILES string of the molecule is SC1CSC(S)(c2ccccc2)C1(S)S. The standard InChI is InChI=1S/C10H12S5/c11-8-6-15-10(14,9(8,12)13)7-4-2-1-3-5-7/h1-5,8,11-14H,6H2. The van der Waals surface area contributed by atoms with Crippen molar-refractivity contribution >= 4 is 62.3 Å². The van der Waals surface area contributed by atoms with Crippen molar-refractivity contribution in [3.05, 3.63) is 35.9 Å². The van der Waals surface area contributed by atoms with E-state index in [2.05, 4.69) is 50.0 Å². The largest absolute Gasteiger partial charge is 0.173 e. The highest BCUT2D eigenvalue weighted by Gasteiger charge is 2.55. The molecule has 1 saturated heterocycles. The Morgan fingerprint density at radius 3 is 2.20 bits per heavy atom. The summed E-state index contributed by atoms with van der Waals surface area (Å²) in [6.07, 6.45) is 0. The van der Waals surface area contributed by atoms with Gasteiger partial charge in [0.2, 0.25) is 0 Å². The second-order valence-corrected chi connectivity index (χ2v) is 8.16. The van der Waals surface area contributed by atoms with Gasteiger partial charge in [-0.1, -0.05) is 30.3 Å². The Kier molecular flexibility index (Phi) is 3.59. The third-order valence-electron chi connectivity index (χ3n) is 2.58. The lowest BCUT2D eigenvalue weighted by Gasteiger charge is -2.36. The Morgan fingerprint density at radius 1 is 1.13 bits per heavy atom. The Balaban J connectivity index is 2.44. The molecule has 1 aromatic carbocycles. The van der Waals surface area contributed by atoms with Gasteiger partial charge in [-0.15, -0.1) is 11.8 Å². The minimum Gasteiger partial charge on any atom is -0.173 e. The fourth-order valence-electron chi connectivity index (χ4n) is 1.61. The molecule has 0 aliphatic carbocycles. The minimum absolute atomic E-state index is 0.131. The monoisotopic (exact) mass is 292 g/mol. The first-order chi connectivity index (χ1) is 6.98. The molecule has 0 amide bonds. The highest BCUT2D eigenvalue weighted by Crippen LogP contribution is 2.61. The van der Waals surface area contributed by atoms with Crippen LogP contribution in [0.25, 0.3) is 0 Å². The molecule has 2 atom stereocenters. The zero-order valence-electron chi connectivity index (χ0n) is 7.87. The molecule has 0 bridgehead atoms. The van der Waals surface area contributed by atoms with Crippen LogP contribution in [0.1, 0.15) is 5.56 Å². The van der Waals surface area contributed by atoms with Gasteiger partial charge in [-0.05, 0) is 5.56 Å². The van der Waals surface area contributed by atoms with E-state index in [1.54, 1.807) is 11.8 Å². The van der Waals surface area contributed by atoms with E-state index < -0.39 is 4.08 Å². The van der Waals surface area contributed by atoms with E-state index in [0.29, 0.717) is 0 Å². The highest BCUT2D eigenvalue weighted by atomic mass is 32.2. The van der Waals surface area contributed by atoms with E-state index >= 15 is 0 Å². The average molecular weight is 293 g/mol. The summed E-state index contributed by atoms with van der Waals surface area (Å²) < 4.78 is -0.891. The lowest BCUT2D eigenvalue weighted by atomic mass is 10.1. The van der Waals surface area contributed by atoms with Gasteiger partial charge in [-0.2, -0.15) is 50.5 Å². The predicted molar refractivity (Wildman–Crippen MR) is 83.0 cm³/mol. The summed E-state index contributed by atoms with van der Waals surface area (Å²) in [6.45, 7) is 0. The number of thioether (sulfide) groups is 1. The molecule has 5 heteroatoms. The normalized spacial score (nSPS) is 34.3. The molecule has 82 valence electrons. The summed E-state index contributed by atoms with van der Waals surface area (Å²) in [4.78, 5) is 0. The molecule has 1 heterocycles. The second-order valence-electron chi connectivity index (χ2n) is 3.56. The molecule has 0 aromatic heterocycles. The van der Waals surface area contributed by atoms with E-state index in [0.717, 1.165) is 11.3 Å². The van der Waals surface area contributed by atoms with Crippen molar-refractivity contribution < 1.29 is 0 Å². The van der Waals surface area contributed by atoms with Crippen LogP contribution in [0.4, 0.5) is 0 Å². The van der Waals surface area contributed by atoms with Crippen molar-refractivity contribution in [3.8, 4) is 0 Å². The van der Waals surface area contributed by atoms with Crippen LogP contribution in [0.15, 0.2) is 30.3 Å². The van der Waals surface area contributed by atoms with Crippen LogP contribution in [-0.4, -0.2) is 15.1 Å². The first kappa shape index (κ1) is 12.4. The molecular weight excluding hydrogens is 280 g/mol. The molecule has 1 fully saturated rings. The number of rotatable bonds is 1. The van der Waals surface area contributed by atoms with Crippen LogP contribution in [0.2, 0.25) is 0 Å². The van der Waals surface area contributed by atoms with Gasteiger partial charge >= 0.3 is 0 Å². The van der Waals surface area contributed by atoms with Crippen molar-refractivity contribution in [2.24, 2.45) is 0 Å². The second kappa shape index (κ2) is 4.33. The van der Waals surface area contributed by atoms with Crippen molar-refractivity contribution in [3.63, 3.8) is 0 Å². The Bertz CT molecular complexity index is 350. The number of benzene rings is 1. The molecule has 0 N–H and O–H groups in total. The first-order valence-electron chi connectivity index (χ1n) is 4.53. The molecule has 2 rings (SSSR count). The fraction of sp³-hybridized carbons (Fsp3) is 0.400. The summed E-state index contributed by atoms with van der Waals surface area (Å²) in [5, 5.41) is 0.131. The molecule has 1 aromatic rings. The minimum atomic E-state index is -0.509. The van der Waals surface area contributed by atoms with Crippen LogP contribution in [0.5, 0.6) is 0 Å². The van der Waals surface area contributed by atoms with E-state index in [9.17, 15) is 0 Å². The van der Waals surface area contributed by atoms with E-state index in [-0.39, 0.29) is 9.33 Å². The topological polar surface area (TPSA) is 0 Å². The summed E-state index contributed by atoms with van der Waals surface area (Å²) in [6, 6.07) is 10.1. The highest BCUT2D eigenvalue weighted by molar-refractivity contribution is 8.16. The maximum Gasteiger partial charge on any atom is 0.108 e. The summed E-state index contributed by atoms with van der Waals surface area (Å²) in [7, 11) is 0. The van der Waals surface area contributed by atoms with Crippen LogP contribution in [0, 0.1) is 0 Å². The molecule has 15 heavy (non-hydrogen) atoms. The third-order valence-corrected chi connectivity index (χ3v) is 8.23.